The van der Waals surface area contributed by atoms with Crippen LogP contribution in [-0.2, 0) is 20.2 Å². The van der Waals surface area contributed by atoms with Crippen LogP contribution < -0.4 is 9.21 Å². The number of hydrogen-bond acceptors (Lipinski definition) is 3. The number of carbonyl (C=O) groups excluding carboxylic acids is 1. The van der Waals surface area contributed by atoms with Crippen LogP contribution in [0.5, 0.6) is 0 Å². The molecule has 0 spiro atoms. The number of fused-ring (bicyclic) bond motifs is 1. The van der Waals surface area contributed by atoms with Gasteiger partial charge in [0.25, 0.3) is 0 Å². The third-order valence-corrected chi connectivity index (χ3v) is 5.77. The second-order valence-corrected chi connectivity index (χ2v) is 7.85. The summed E-state index contributed by atoms with van der Waals surface area (Å²) in [5.41, 5.74) is 1.66. The zero-order chi connectivity index (χ0) is 15.3. The number of carbonyl (C=O) groups is 1. The molecule has 0 saturated carbocycles. The van der Waals surface area contributed by atoms with E-state index >= 15 is 0 Å². The van der Waals surface area contributed by atoms with Crippen LogP contribution in [0.2, 0.25) is 0 Å². The van der Waals surface area contributed by atoms with Gasteiger partial charge in [0.1, 0.15) is 0 Å². The second-order valence-electron chi connectivity index (χ2n) is 5.56. The van der Waals surface area contributed by atoms with Gasteiger partial charge in [0.15, 0.2) is 0 Å². The van der Waals surface area contributed by atoms with Gasteiger partial charge in [-0.05, 0) is 44.5 Å². The summed E-state index contributed by atoms with van der Waals surface area (Å²) in [5.74, 6) is 0.0636. The number of hydrogen-bond donors (Lipinski definition) is 0. The van der Waals surface area contributed by atoms with Crippen molar-refractivity contribution < 1.29 is 13.2 Å². The summed E-state index contributed by atoms with van der Waals surface area (Å²) in [5, 5.41) is 0. The Morgan fingerprint density at radius 3 is 2.45 bits per heavy atom. The van der Waals surface area contributed by atoms with Crippen molar-refractivity contribution in [3.05, 3.63) is 23.8 Å². The number of amides is 1. The minimum Gasteiger partial charge on any atom is -0.314 e. The summed E-state index contributed by atoms with van der Waals surface area (Å²) in [6, 6.07) is 5.33. The smallest absolute Gasteiger partial charge is 0.236 e. The first kappa shape index (κ1) is 14.8. The van der Waals surface area contributed by atoms with Crippen LogP contribution >= 0.6 is 0 Å². The molecule has 0 fully saturated rings. The first-order chi connectivity index (χ1) is 9.13. The Morgan fingerprint density at radius 2 is 1.90 bits per heavy atom. The van der Waals surface area contributed by atoms with Crippen molar-refractivity contribution in [2.24, 2.45) is 0 Å². The lowest BCUT2D eigenvalue weighted by molar-refractivity contribution is -0.121. The Bertz CT molecular complexity index is 665. The molecule has 0 aromatic heterocycles. The van der Waals surface area contributed by atoms with Crippen LogP contribution in [0.4, 0.5) is 11.4 Å². The van der Waals surface area contributed by atoms with E-state index in [-0.39, 0.29) is 11.7 Å². The molecule has 110 valence electrons. The van der Waals surface area contributed by atoms with E-state index in [1.165, 1.54) is 11.4 Å². The normalized spacial score (nSPS) is 17.2. The molecule has 0 unspecified atom stereocenters. The molecule has 1 amide bonds. The maximum absolute atomic E-state index is 12.2. The number of sulfonamides is 1. The summed E-state index contributed by atoms with van der Waals surface area (Å²) >= 11 is 0. The maximum Gasteiger partial charge on any atom is 0.236 e. The molecule has 1 aliphatic rings. The number of rotatable bonds is 3. The third kappa shape index (κ3) is 1.98. The summed E-state index contributed by atoms with van der Waals surface area (Å²) in [6.07, 6.45) is 0. The van der Waals surface area contributed by atoms with Crippen LogP contribution in [0.15, 0.2) is 18.2 Å². The first-order valence-corrected chi connectivity index (χ1v) is 8.13. The molecule has 0 bridgehead atoms. The lowest BCUT2D eigenvalue weighted by Gasteiger charge is -2.21. The van der Waals surface area contributed by atoms with Gasteiger partial charge in [-0.25, -0.2) is 8.42 Å². The van der Waals surface area contributed by atoms with E-state index < -0.39 is 15.4 Å². The van der Waals surface area contributed by atoms with Gasteiger partial charge in [0.2, 0.25) is 15.9 Å². The summed E-state index contributed by atoms with van der Waals surface area (Å²) < 4.78 is 25.1. The fourth-order valence-corrected chi connectivity index (χ4v) is 3.33. The standard InChI is InChI=1S/C14H20N2O3S/c1-6-20(18,19)16(5)10-7-8-12-11(9-10)14(2,3)13(17)15(12)4/h7-9H,6H2,1-5H3. The quantitative estimate of drug-likeness (QED) is 0.853. The zero-order valence-corrected chi connectivity index (χ0v) is 13.3. The highest BCUT2D eigenvalue weighted by molar-refractivity contribution is 7.92. The van der Waals surface area contributed by atoms with Crippen LogP contribution in [0.3, 0.4) is 0 Å². The van der Waals surface area contributed by atoms with E-state index in [0.717, 1.165) is 11.3 Å². The van der Waals surface area contributed by atoms with E-state index in [9.17, 15) is 13.2 Å². The highest BCUT2D eigenvalue weighted by Gasteiger charge is 2.42. The van der Waals surface area contributed by atoms with Gasteiger partial charge in [-0.15, -0.1) is 0 Å². The summed E-state index contributed by atoms with van der Waals surface area (Å²) in [7, 11) is -0.0242. The SMILES string of the molecule is CCS(=O)(=O)N(C)c1ccc2c(c1)C(C)(C)C(=O)N2C. The molecule has 6 heteroatoms. The number of nitrogens with zero attached hydrogens (tertiary/aromatic N) is 2. The Kier molecular flexibility index (Phi) is 3.32. The van der Waals surface area contributed by atoms with Crippen LogP contribution in [0.25, 0.3) is 0 Å². The minimum atomic E-state index is -3.30. The molecule has 20 heavy (non-hydrogen) atoms. The third-order valence-electron chi connectivity index (χ3n) is 4.00. The first-order valence-electron chi connectivity index (χ1n) is 6.52. The van der Waals surface area contributed by atoms with Gasteiger partial charge in [-0.1, -0.05) is 0 Å². The molecule has 1 aromatic carbocycles. The lowest BCUT2D eigenvalue weighted by Crippen LogP contribution is -2.33. The highest BCUT2D eigenvalue weighted by Crippen LogP contribution is 2.42. The van der Waals surface area contributed by atoms with Crippen molar-refractivity contribution in [1.82, 2.24) is 0 Å². The molecular formula is C14H20N2O3S. The average Bonchev–Trinajstić information content (AvgIpc) is 2.59. The topological polar surface area (TPSA) is 57.7 Å². The van der Waals surface area contributed by atoms with Gasteiger partial charge < -0.3 is 4.90 Å². The Morgan fingerprint density at radius 1 is 1.30 bits per heavy atom. The van der Waals surface area contributed by atoms with Crippen molar-refractivity contribution in [3.8, 4) is 0 Å². The molecule has 5 nitrogen and oxygen atoms in total. The molecule has 2 rings (SSSR count). The van der Waals surface area contributed by atoms with Gasteiger partial charge >= 0.3 is 0 Å². The fraction of sp³-hybridized carbons (Fsp3) is 0.500. The second kappa shape index (κ2) is 4.48. The number of likely N-dealkylation sites (N-methyl/N-ethyl adjacent to an activating group) is 1. The Balaban J connectivity index is 2.55. The van der Waals surface area contributed by atoms with E-state index in [1.807, 2.05) is 13.8 Å². The molecule has 0 radical (unpaired) electrons. The molecule has 0 aliphatic carbocycles. The molecule has 1 heterocycles. The van der Waals surface area contributed by atoms with E-state index in [4.69, 9.17) is 0 Å². The van der Waals surface area contributed by atoms with Crippen molar-refractivity contribution in [1.29, 1.82) is 0 Å². The molecule has 1 aliphatic heterocycles. The molecule has 0 N–H and O–H groups in total. The largest absolute Gasteiger partial charge is 0.314 e. The Labute approximate surface area is 120 Å². The van der Waals surface area contributed by atoms with Crippen molar-refractivity contribution in [3.63, 3.8) is 0 Å². The molecular weight excluding hydrogens is 276 g/mol. The minimum absolute atomic E-state index is 0.0191. The fourth-order valence-electron chi connectivity index (χ4n) is 2.51. The molecule has 0 atom stereocenters. The van der Waals surface area contributed by atoms with Crippen molar-refractivity contribution in [2.75, 3.05) is 29.1 Å². The monoisotopic (exact) mass is 296 g/mol. The summed E-state index contributed by atoms with van der Waals surface area (Å²) in [6.45, 7) is 5.33. The van der Waals surface area contributed by atoms with Crippen LogP contribution in [0.1, 0.15) is 26.3 Å². The van der Waals surface area contributed by atoms with E-state index in [0.29, 0.717) is 5.69 Å². The van der Waals surface area contributed by atoms with Crippen molar-refractivity contribution >= 4 is 27.3 Å². The van der Waals surface area contributed by atoms with Gasteiger partial charge in [-0.2, -0.15) is 0 Å². The predicted molar refractivity (Wildman–Crippen MR) is 80.7 cm³/mol. The average molecular weight is 296 g/mol. The number of benzene rings is 1. The van der Waals surface area contributed by atoms with Crippen molar-refractivity contribution in [2.45, 2.75) is 26.2 Å². The number of anilines is 2. The van der Waals surface area contributed by atoms with E-state index in [2.05, 4.69) is 0 Å². The molecule has 1 aromatic rings. The van der Waals surface area contributed by atoms with E-state index in [1.54, 1.807) is 37.1 Å². The highest BCUT2D eigenvalue weighted by atomic mass is 32.2. The lowest BCUT2D eigenvalue weighted by atomic mass is 9.86. The van der Waals surface area contributed by atoms with Gasteiger partial charge in [-0.3, -0.25) is 9.10 Å². The van der Waals surface area contributed by atoms with Gasteiger partial charge in [0.05, 0.1) is 16.9 Å². The van der Waals surface area contributed by atoms with Crippen LogP contribution in [-0.4, -0.2) is 34.2 Å². The predicted octanol–water partition coefficient (Wildman–Crippen LogP) is 1.73. The molecule has 0 saturated heterocycles. The van der Waals surface area contributed by atoms with Crippen LogP contribution in [0, 0.1) is 0 Å². The Hall–Kier alpha value is -1.56. The zero-order valence-electron chi connectivity index (χ0n) is 12.5. The van der Waals surface area contributed by atoms with Gasteiger partial charge in [0, 0.05) is 19.8 Å². The summed E-state index contributed by atoms with van der Waals surface area (Å²) in [4.78, 5) is 13.8. The maximum atomic E-state index is 12.2.